The van der Waals surface area contributed by atoms with Crippen LogP contribution in [0.2, 0.25) is 5.02 Å². The molecule has 2 aromatic rings. The van der Waals surface area contributed by atoms with Gasteiger partial charge in [-0.25, -0.2) is 14.2 Å². The lowest BCUT2D eigenvalue weighted by Gasteiger charge is -2.22. The highest BCUT2D eigenvalue weighted by atomic mass is 35.5. The van der Waals surface area contributed by atoms with Crippen molar-refractivity contribution >= 4 is 38.8 Å². The van der Waals surface area contributed by atoms with Crippen molar-refractivity contribution in [3.63, 3.8) is 0 Å². The van der Waals surface area contributed by atoms with E-state index in [1.807, 2.05) is 0 Å². The van der Waals surface area contributed by atoms with Gasteiger partial charge in [-0.15, -0.1) is 0 Å². The van der Waals surface area contributed by atoms with Gasteiger partial charge in [0.25, 0.3) is 5.91 Å². The summed E-state index contributed by atoms with van der Waals surface area (Å²) < 4.78 is 39.8. The van der Waals surface area contributed by atoms with Gasteiger partial charge in [-0.1, -0.05) is 23.7 Å². The summed E-state index contributed by atoms with van der Waals surface area (Å²) in [5.41, 5.74) is 2.99. The normalized spacial score (nSPS) is 28.3. The third-order valence-corrected chi connectivity index (χ3v) is 9.85. The van der Waals surface area contributed by atoms with Crippen LogP contribution in [0, 0.1) is 0 Å². The number of nitrogens with zero attached hydrogens (tertiary/aromatic N) is 3. The first-order valence-electron chi connectivity index (χ1n) is 12.6. The molecule has 5 heterocycles. The minimum Gasteiger partial charge on any atom is -0.472 e. The Bertz CT molecular complexity index is 1400. The van der Waals surface area contributed by atoms with E-state index >= 15 is 0 Å². The number of hydrogen-bond donors (Lipinski definition) is 1. The number of aliphatic imine (C=N–C) groups is 1. The van der Waals surface area contributed by atoms with Crippen LogP contribution >= 0.6 is 11.6 Å². The van der Waals surface area contributed by atoms with Gasteiger partial charge in [-0.3, -0.25) is 4.79 Å². The van der Waals surface area contributed by atoms with Crippen molar-refractivity contribution in [2.24, 2.45) is 9.36 Å². The number of aliphatic hydroxyl groups is 1. The second-order valence-electron chi connectivity index (χ2n) is 9.93. The lowest BCUT2D eigenvalue weighted by atomic mass is 10.1. The quantitative estimate of drug-likeness (QED) is 0.603. The molecule has 38 heavy (non-hydrogen) atoms. The molecule has 0 bridgehead atoms. The number of aromatic nitrogens is 1. The van der Waals surface area contributed by atoms with Crippen molar-refractivity contribution in [1.29, 1.82) is 0 Å². The highest BCUT2D eigenvalue weighted by molar-refractivity contribution is 7.93. The average molecular weight is 562 g/mol. The molecular weight excluding hydrogens is 534 g/mol. The summed E-state index contributed by atoms with van der Waals surface area (Å²) in [5.74, 6) is -0.00848. The first-order chi connectivity index (χ1) is 18.3. The molecule has 1 aromatic carbocycles. The van der Waals surface area contributed by atoms with E-state index in [0.717, 1.165) is 11.3 Å². The fraction of sp³-hybridized carbons (Fsp3) is 0.500. The number of carbonyl (C=O) groups excluding carboxylic acids is 1. The molecule has 0 aliphatic carbocycles. The Morgan fingerprint density at radius 2 is 1.89 bits per heavy atom. The zero-order valence-electron chi connectivity index (χ0n) is 20.7. The maximum atomic E-state index is 13.1. The van der Waals surface area contributed by atoms with E-state index in [1.54, 1.807) is 36.6 Å². The number of ether oxygens (including phenoxy) is 4. The number of hydrogen-bond acceptors (Lipinski definition) is 9. The molecule has 1 unspecified atom stereocenters. The van der Waals surface area contributed by atoms with E-state index in [1.165, 1.54) is 0 Å². The molecular formula is C26H28ClN3O7S. The van der Waals surface area contributed by atoms with Crippen LogP contribution in [-0.4, -0.2) is 88.5 Å². The average Bonchev–Trinajstić information content (AvgIpc) is 3.60. The lowest BCUT2D eigenvalue weighted by molar-refractivity contribution is 0.00558. The van der Waals surface area contributed by atoms with Crippen molar-refractivity contribution in [3.05, 3.63) is 46.6 Å². The number of pyridine rings is 1. The van der Waals surface area contributed by atoms with Gasteiger partial charge in [0.05, 0.1) is 51.5 Å². The van der Waals surface area contributed by atoms with Gasteiger partial charge >= 0.3 is 0 Å². The fourth-order valence-corrected chi connectivity index (χ4v) is 7.13. The Morgan fingerprint density at radius 1 is 1.16 bits per heavy atom. The summed E-state index contributed by atoms with van der Waals surface area (Å²) in [6.45, 7) is 1.63. The largest absolute Gasteiger partial charge is 0.472 e. The van der Waals surface area contributed by atoms with Crippen LogP contribution in [0.5, 0.6) is 0 Å². The van der Waals surface area contributed by atoms with Crippen molar-refractivity contribution in [2.45, 2.75) is 48.9 Å². The van der Waals surface area contributed by atoms with Gasteiger partial charge in [0.2, 0.25) is 0 Å². The fourth-order valence-electron chi connectivity index (χ4n) is 5.23. The monoisotopic (exact) mass is 561 g/mol. The molecule has 6 rings (SSSR count). The second kappa shape index (κ2) is 10.3. The smallest absolute Gasteiger partial charge is 0.285 e. The first kappa shape index (κ1) is 25.8. The molecule has 3 fully saturated rings. The third kappa shape index (κ3) is 4.99. The van der Waals surface area contributed by atoms with Crippen molar-refractivity contribution in [2.75, 3.05) is 32.7 Å². The standard InChI is InChI=1S/C26H28ClN3O7S/c1-38(33,16-6-8-34-9-7-16)30-26(32)15-4-2-14(3-5-15)23-17(27)10-18-19(29-23)11-22(28-18)37-21-13-36-24-20(31)12-35-25(21)24/h2-5,10,16,20-21,24-25,31H,6-9,11-13H2,1H3/t20-,21-,24-,25-,38?/m1/s1. The number of halogens is 1. The Labute approximate surface area is 225 Å². The molecule has 202 valence electrons. The van der Waals surface area contributed by atoms with Crippen molar-refractivity contribution < 1.29 is 33.1 Å². The van der Waals surface area contributed by atoms with Crippen LogP contribution in [0.1, 0.15) is 28.9 Å². The van der Waals surface area contributed by atoms with Crippen LogP contribution in [0.3, 0.4) is 0 Å². The van der Waals surface area contributed by atoms with E-state index in [0.29, 0.717) is 66.9 Å². The van der Waals surface area contributed by atoms with Crippen LogP contribution < -0.4 is 0 Å². The molecule has 4 aliphatic rings. The summed E-state index contributed by atoms with van der Waals surface area (Å²) >= 11 is 6.55. The number of carbonyl (C=O) groups is 1. The Balaban J connectivity index is 1.15. The molecule has 12 heteroatoms. The van der Waals surface area contributed by atoms with Gasteiger partial charge in [0.15, 0.2) is 12.0 Å². The minimum absolute atomic E-state index is 0.148. The molecule has 5 atom stereocenters. The maximum absolute atomic E-state index is 13.1. The van der Waals surface area contributed by atoms with Crippen molar-refractivity contribution in [1.82, 2.24) is 4.98 Å². The maximum Gasteiger partial charge on any atom is 0.285 e. The number of rotatable bonds is 4. The number of aliphatic hydroxyl groups excluding tert-OH is 1. The lowest BCUT2D eigenvalue weighted by Crippen LogP contribution is -2.34. The van der Waals surface area contributed by atoms with Gasteiger partial charge in [0, 0.05) is 35.8 Å². The topological polar surface area (TPSA) is 129 Å². The van der Waals surface area contributed by atoms with Gasteiger partial charge in [-0.2, -0.15) is 4.36 Å². The molecule has 4 aliphatic heterocycles. The summed E-state index contributed by atoms with van der Waals surface area (Å²) in [6.07, 6.45) is 1.51. The van der Waals surface area contributed by atoms with Crippen LogP contribution in [-0.2, 0) is 35.1 Å². The summed E-state index contributed by atoms with van der Waals surface area (Å²) in [6, 6.07) is 8.53. The van der Waals surface area contributed by atoms with Gasteiger partial charge in [-0.05, 0) is 31.0 Å². The van der Waals surface area contributed by atoms with Crippen LogP contribution in [0.15, 0.2) is 39.7 Å². The number of fused-ring (bicyclic) bond motifs is 2. The molecule has 3 saturated heterocycles. The summed E-state index contributed by atoms with van der Waals surface area (Å²) in [7, 11) is -2.67. The second-order valence-corrected chi connectivity index (χ2v) is 12.9. The molecule has 1 amide bonds. The Morgan fingerprint density at radius 3 is 2.66 bits per heavy atom. The third-order valence-electron chi connectivity index (χ3n) is 7.32. The molecule has 0 saturated carbocycles. The Hall–Kier alpha value is -2.41. The zero-order chi connectivity index (χ0) is 26.4. The van der Waals surface area contributed by atoms with E-state index in [4.69, 9.17) is 35.5 Å². The highest BCUT2D eigenvalue weighted by Crippen LogP contribution is 2.36. The Kier molecular flexibility index (Phi) is 7.00. The van der Waals surface area contributed by atoms with E-state index in [9.17, 15) is 14.1 Å². The predicted octanol–water partition coefficient (Wildman–Crippen LogP) is 2.95. The van der Waals surface area contributed by atoms with E-state index in [-0.39, 0.29) is 30.2 Å². The zero-order valence-corrected chi connectivity index (χ0v) is 22.3. The van der Waals surface area contributed by atoms with E-state index < -0.39 is 21.7 Å². The van der Waals surface area contributed by atoms with Crippen LogP contribution in [0.4, 0.5) is 5.69 Å². The van der Waals surface area contributed by atoms with Crippen molar-refractivity contribution in [3.8, 4) is 11.3 Å². The number of amides is 1. The molecule has 1 aromatic heterocycles. The molecule has 0 radical (unpaired) electrons. The first-order valence-corrected chi connectivity index (χ1v) is 14.9. The van der Waals surface area contributed by atoms with E-state index in [2.05, 4.69) is 9.36 Å². The number of benzene rings is 1. The highest BCUT2D eigenvalue weighted by Gasteiger charge is 2.49. The van der Waals surface area contributed by atoms with Crippen LogP contribution in [0.25, 0.3) is 11.3 Å². The minimum atomic E-state index is -2.67. The SMILES string of the molecule is CS(=O)(=NC(=O)c1ccc(-c2nc3c(cc2Cl)N=C(O[C@@H]2CO[C@H]4[C@@H]2OC[C@H]4O)C3)cc1)C1CCOCC1. The van der Waals surface area contributed by atoms with Gasteiger partial charge < -0.3 is 24.1 Å². The van der Waals surface area contributed by atoms with Gasteiger partial charge in [0.1, 0.15) is 18.3 Å². The summed E-state index contributed by atoms with van der Waals surface area (Å²) in [4.78, 5) is 22.0. The summed E-state index contributed by atoms with van der Waals surface area (Å²) in [5, 5.41) is 10.2. The predicted molar refractivity (Wildman–Crippen MR) is 141 cm³/mol. The molecule has 0 spiro atoms. The molecule has 1 N–H and O–H groups in total. The molecule has 10 nitrogen and oxygen atoms in total.